The SMILES string of the molecule is CCn1c(O)c(N=Nc2ccc(C(=O)O)cc2)c2ccccc21. The Bertz CT molecular complexity index is 895. The van der Waals surface area contributed by atoms with Crippen LogP contribution in [0.25, 0.3) is 10.9 Å². The second kappa shape index (κ2) is 5.92. The van der Waals surface area contributed by atoms with E-state index in [0.717, 1.165) is 10.9 Å². The third-order valence-electron chi connectivity index (χ3n) is 3.61. The topological polar surface area (TPSA) is 87.2 Å². The number of hydrogen-bond acceptors (Lipinski definition) is 4. The summed E-state index contributed by atoms with van der Waals surface area (Å²) in [6.45, 7) is 2.56. The number of aromatic hydroxyl groups is 1. The van der Waals surface area contributed by atoms with Gasteiger partial charge in [-0.25, -0.2) is 4.79 Å². The van der Waals surface area contributed by atoms with Crippen LogP contribution in [0.4, 0.5) is 11.4 Å². The van der Waals surface area contributed by atoms with Crippen molar-refractivity contribution in [1.29, 1.82) is 0 Å². The Labute approximate surface area is 132 Å². The first-order valence-electron chi connectivity index (χ1n) is 7.17. The summed E-state index contributed by atoms with van der Waals surface area (Å²) < 4.78 is 1.76. The fourth-order valence-electron chi connectivity index (χ4n) is 2.47. The molecule has 0 fully saturated rings. The molecule has 0 atom stereocenters. The Morgan fingerprint density at radius 2 is 1.78 bits per heavy atom. The molecule has 0 saturated heterocycles. The Morgan fingerprint density at radius 3 is 2.43 bits per heavy atom. The summed E-state index contributed by atoms with van der Waals surface area (Å²) in [5.41, 5.74) is 2.00. The summed E-state index contributed by atoms with van der Waals surface area (Å²) in [6.07, 6.45) is 0. The molecule has 1 heterocycles. The predicted molar refractivity (Wildman–Crippen MR) is 86.9 cm³/mol. The number of aromatic carboxylic acids is 1. The molecule has 0 aliphatic heterocycles. The molecular formula is C17H15N3O3. The Hall–Kier alpha value is -3.15. The van der Waals surface area contributed by atoms with E-state index >= 15 is 0 Å². The molecule has 2 aromatic carbocycles. The molecule has 0 saturated carbocycles. The molecule has 23 heavy (non-hydrogen) atoms. The number of benzene rings is 2. The van der Waals surface area contributed by atoms with E-state index in [1.54, 1.807) is 16.7 Å². The van der Waals surface area contributed by atoms with E-state index in [9.17, 15) is 9.90 Å². The Morgan fingerprint density at radius 1 is 1.09 bits per heavy atom. The van der Waals surface area contributed by atoms with Crippen molar-refractivity contribution in [3.8, 4) is 5.88 Å². The second-order valence-corrected chi connectivity index (χ2v) is 4.99. The van der Waals surface area contributed by atoms with Crippen LogP contribution in [0, 0.1) is 0 Å². The van der Waals surface area contributed by atoms with Gasteiger partial charge in [-0.3, -0.25) is 0 Å². The molecule has 1 aromatic heterocycles. The maximum Gasteiger partial charge on any atom is 0.335 e. The summed E-state index contributed by atoms with van der Waals surface area (Å²) >= 11 is 0. The molecule has 0 radical (unpaired) electrons. The second-order valence-electron chi connectivity index (χ2n) is 4.99. The van der Waals surface area contributed by atoms with Crippen LogP contribution < -0.4 is 0 Å². The molecule has 6 nitrogen and oxygen atoms in total. The van der Waals surface area contributed by atoms with Crippen molar-refractivity contribution >= 4 is 28.2 Å². The van der Waals surface area contributed by atoms with Gasteiger partial charge < -0.3 is 14.8 Å². The number of hydrogen-bond donors (Lipinski definition) is 2. The molecule has 2 N–H and O–H groups in total. The van der Waals surface area contributed by atoms with Gasteiger partial charge in [-0.05, 0) is 37.3 Å². The Balaban J connectivity index is 2.01. The highest BCUT2D eigenvalue weighted by Crippen LogP contribution is 2.39. The van der Waals surface area contributed by atoms with Crippen LogP contribution in [-0.4, -0.2) is 20.7 Å². The summed E-state index contributed by atoms with van der Waals surface area (Å²) in [5, 5.41) is 28.3. The van der Waals surface area contributed by atoms with E-state index in [-0.39, 0.29) is 11.4 Å². The molecule has 0 amide bonds. The number of para-hydroxylation sites is 1. The molecule has 3 aromatic rings. The van der Waals surface area contributed by atoms with Crippen LogP contribution in [0.15, 0.2) is 58.8 Å². The van der Waals surface area contributed by atoms with Gasteiger partial charge in [0.1, 0.15) is 0 Å². The van der Waals surface area contributed by atoms with E-state index in [1.165, 1.54) is 12.1 Å². The van der Waals surface area contributed by atoms with Crippen molar-refractivity contribution in [3.05, 3.63) is 54.1 Å². The van der Waals surface area contributed by atoms with Gasteiger partial charge in [-0.15, -0.1) is 5.11 Å². The number of fused-ring (bicyclic) bond motifs is 1. The lowest BCUT2D eigenvalue weighted by Crippen LogP contribution is -1.93. The quantitative estimate of drug-likeness (QED) is 0.696. The van der Waals surface area contributed by atoms with E-state index in [2.05, 4.69) is 10.2 Å². The van der Waals surface area contributed by atoms with Crippen molar-refractivity contribution < 1.29 is 15.0 Å². The van der Waals surface area contributed by atoms with E-state index in [1.807, 2.05) is 31.2 Å². The van der Waals surface area contributed by atoms with Gasteiger partial charge in [0.05, 0.1) is 16.8 Å². The maximum atomic E-state index is 10.8. The van der Waals surface area contributed by atoms with Crippen molar-refractivity contribution in [3.63, 3.8) is 0 Å². The zero-order chi connectivity index (χ0) is 16.4. The number of rotatable bonds is 4. The zero-order valence-electron chi connectivity index (χ0n) is 12.5. The highest BCUT2D eigenvalue weighted by molar-refractivity contribution is 5.95. The van der Waals surface area contributed by atoms with Gasteiger partial charge in [-0.2, -0.15) is 5.11 Å². The van der Waals surface area contributed by atoms with E-state index < -0.39 is 5.97 Å². The zero-order valence-corrected chi connectivity index (χ0v) is 12.5. The molecule has 6 heteroatoms. The van der Waals surface area contributed by atoms with Gasteiger partial charge in [0.2, 0.25) is 5.88 Å². The smallest absolute Gasteiger partial charge is 0.335 e. The van der Waals surface area contributed by atoms with Crippen LogP contribution >= 0.6 is 0 Å². The van der Waals surface area contributed by atoms with Gasteiger partial charge in [0.25, 0.3) is 0 Å². The number of carboxylic acids is 1. The van der Waals surface area contributed by atoms with Crippen LogP contribution in [0.3, 0.4) is 0 Å². The molecule has 0 spiro atoms. The lowest BCUT2D eigenvalue weighted by Gasteiger charge is -2.00. The number of carboxylic acid groups (broad SMARTS) is 1. The molecule has 3 rings (SSSR count). The molecule has 0 aliphatic rings. The number of carbonyl (C=O) groups is 1. The third-order valence-corrected chi connectivity index (χ3v) is 3.61. The average molecular weight is 309 g/mol. The number of nitrogens with zero attached hydrogens (tertiary/aromatic N) is 3. The molecule has 0 aliphatic carbocycles. The van der Waals surface area contributed by atoms with Crippen molar-refractivity contribution in [2.45, 2.75) is 13.5 Å². The third kappa shape index (κ3) is 2.66. The first kappa shape index (κ1) is 14.8. The normalized spacial score (nSPS) is 11.3. The molecule has 0 unspecified atom stereocenters. The minimum absolute atomic E-state index is 0.0691. The first-order valence-corrected chi connectivity index (χ1v) is 7.17. The van der Waals surface area contributed by atoms with E-state index in [4.69, 9.17) is 5.11 Å². The van der Waals surface area contributed by atoms with Crippen LogP contribution in [-0.2, 0) is 6.54 Å². The van der Waals surface area contributed by atoms with Gasteiger partial charge in [-0.1, -0.05) is 18.2 Å². The largest absolute Gasteiger partial charge is 0.493 e. The van der Waals surface area contributed by atoms with Gasteiger partial charge in [0, 0.05) is 11.9 Å². The van der Waals surface area contributed by atoms with E-state index in [0.29, 0.717) is 17.9 Å². The molecule has 116 valence electrons. The predicted octanol–water partition coefficient (Wildman–Crippen LogP) is 4.48. The summed E-state index contributed by atoms with van der Waals surface area (Å²) in [4.78, 5) is 10.8. The highest BCUT2D eigenvalue weighted by atomic mass is 16.4. The lowest BCUT2D eigenvalue weighted by molar-refractivity contribution is 0.0697. The number of aromatic nitrogens is 1. The standard InChI is InChI=1S/C17H15N3O3/c1-2-20-14-6-4-3-5-13(14)15(16(20)21)19-18-12-9-7-11(8-10-12)17(22)23/h3-10,21H,2H2,1H3,(H,22,23). The summed E-state index contributed by atoms with van der Waals surface area (Å²) in [6, 6.07) is 13.6. The van der Waals surface area contributed by atoms with Gasteiger partial charge >= 0.3 is 5.97 Å². The fourth-order valence-corrected chi connectivity index (χ4v) is 2.47. The van der Waals surface area contributed by atoms with Crippen molar-refractivity contribution in [2.24, 2.45) is 10.2 Å². The van der Waals surface area contributed by atoms with Crippen LogP contribution in [0.2, 0.25) is 0 Å². The van der Waals surface area contributed by atoms with Crippen LogP contribution in [0.1, 0.15) is 17.3 Å². The maximum absolute atomic E-state index is 10.8. The van der Waals surface area contributed by atoms with Gasteiger partial charge in [0.15, 0.2) is 5.69 Å². The summed E-state index contributed by atoms with van der Waals surface area (Å²) in [5.74, 6) is -0.920. The fraction of sp³-hybridized carbons (Fsp3) is 0.118. The molecular weight excluding hydrogens is 294 g/mol. The number of aryl methyl sites for hydroxylation is 1. The van der Waals surface area contributed by atoms with Crippen LogP contribution in [0.5, 0.6) is 5.88 Å². The molecule has 0 bridgehead atoms. The minimum atomic E-state index is -0.989. The monoisotopic (exact) mass is 309 g/mol. The number of azo groups is 1. The van der Waals surface area contributed by atoms with Crippen molar-refractivity contribution in [1.82, 2.24) is 4.57 Å². The summed E-state index contributed by atoms with van der Waals surface area (Å²) in [7, 11) is 0. The lowest BCUT2D eigenvalue weighted by atomic mass is 10.2. The first-order chi connectivity index (χ1) is 11.1. The average Bonchev–Trinajstić information content (AvgIpc) is 2.84. The Kier molecular flexibility index (Phi) is 3.80. The highest BCUT2D eigenvalue weighted by Gasteiger charge is 2.14. The van der Waals surface area contributed by atoms with Crippen molar-refractivity contribution in [2.75, 3.05) is 0 Å². The minimum Gasteiger partial charge on any atom is -0.493 e.